The molecule has 126 valence electrons. The van der Waals surface area contributed by atoms with Crippen LogP contribution in [0, 0.1) is 0 Å². The fourth-order valence-electron chi connectivity index (χ4n) is 2.90. The number of rotatable bonds is 5. The Hall–Kier alpha value is -2.66. The van der Waals surface area contributed by atoms with E-state index in [-0.39, 0.29) is 12.5 Å². The number of hydrogen-bond donors (Lipinski definition) is 1. The van der Waals surface area contributed by atoms with Gasteiger partial charge >= 0.3 is 0 Å². The predicted molar refractivity (Wildman–Crippen MR) is 93.9 cm³/mol. The largest absolute Gasteiger partial charge is 0.346 e. The molecule has 0 radical (unpaired) electrons. The van der Waals surface area contributed by atoms with Crippen molar-refractivity contribution in [2.45, 2.75) is 24.8 Å². The van der Waals surface area contributed by atoms with Crippen molar-refractivity contribution in [2.24, 2.45) is 0 Å². The quantitative estimate of drug-likeness (QED) is 0.758. The third-order valence-electron chi connectivity index (χ3n) is 4.48. The smallest absolute Gasteiger partial charge is 0.246 e. The molecule has 0 bridgehead atoms. The highest BCUT2D eigenvalue weighted by Gasteiger charge is 2.51. The minimum absolute atomic E-state index is 0.0192. The summed E-state index contributed by atoms with van der Waals surface area (Å²) in [5.41, 5.74) is 1.42. The maximum atomic E-state index is 12.6. The van der Waals surface area contributed by atoms with Crippen LogP contribution in [0.2, 0.25) is 5.02 Å². The van der Waals surface area contributed by atoms with Crippen LogP contribution in [-0.2, 0) is 16.8 Å². The van der Waals surface area contributed by atoms with Gasteiger partial charge in [0.05, 0.1) is 12.0 Å². The number of amides is 1. The number of nitrogens with zero attached hydrogens (tertiary/aromatic N) is 2. The predicted octanol–water partition coefficient (Wildman–Crippen LogP) is 3.74. The summed E-state index contributed by atoms with van der Waals surface area (Å²) in [4.78, 5) is 17.0. The molecule has 0 atom stereocenters. The number of carbonyl (C=O) groups is 1. The summed E-state index contributed by atoms with van der Waals surface area (Å²) < 4.78 is 5.23. The number of benzene rings is 2. The van der Waals surface area contributed by atoms with Crippen molar-refractivity contribution in [1.29, 1.82) is 0 Å². The molecule has 4 rings (SSSR count). The lowest BCUT2D eigenvalue weighted by Crippen LogP contribution is -2.34. The first-order chi connectivity index (χ1) is 12.2. The molecule has 0 saturated heterocycles. The monoisotopic (exact) mass is 353 g/mol. The molecule has 1 saturated carbocycles. The number of aromatic nitrogens is 2. The Morgan fingerprint density at radius 2 is 1.84 bits per heavy atom. The van der Waals surface area contributed by atoms with Crippen LogP contribution in [0.3, 0.4) is 0 Å². The maximum absolute atomic E-state index is 12.6. The van der Waals surface area contributed by atoms with E-state index in [0.717, 1.165) is 24.0 Å². The van der Waals surface area contributed by atoms with Gasteiger partial charge in [-0.15, -0.1) is 0 Å². The van der Waals surface area contributed by atoms with Gasteiger partial charge in [0.1, 0.15) is 0 Å². The molecule has 25 heavy (non-hydrogen) atoms. The Morgan fingerprint density at radius 3 is 2.52 bits per heavy atom. The van der Waals surface area contributed by atoms with Crippen molar-refractivity contribution >= 4 is 17.5 Å². The van der Waals surface area contributed by atoms with Crippen LogP contribution in [0.5, 0.6) is 0 Å². The summed E-state index contributed by atoms with van der Waals surface area (Å²) in [5, 5.41) is 7.54. The Balaban J connectivity index is 1.43. The minimum atomic E-state index is -0.452. The van der Waals surface area contributed by atoms with Crippen molar-refractivity contribution in [3.8, 4) is 11.4 Å². The van der Waals surface area contributed by atoms with E-state index < -0.39 is 5.41 Å². The van der Waals surface area contributed by atoms with Gasteiger partial charge in [0.15, 0.2) is 0 Å². The van der Waals surface area contributed by atoms with Crippen LogP contribution in [0.1, 0.15) is 24.3 Å². The SMILES string of the molecule is O=C(NCc1nc(-c2ccccc2)no1)C1(c2ccc(Cl)cc2)CC1. The van der Waals surface area contributed by atoms with Crippen LogP contribution < -0.4 is 5.32 Å². The van der Waals surface area contributed by atoms with Gasteiger partial charge in [-0.2, -0.15) is 4.98 Å². The summed E-state index contributed by atoms with van der Waals surface area (Å²) in [6.45, 7) is 0.216. The normalized spacial score (nSPS) is 14.9. The molecule has 0 aliphatic heterocycles. The summed E-state index contributed by atoms with van der Waals surface area (Å²) in [7, 11) is 0. The zero-order valence-electron chi connectivity index (χ0n) is 13.4. The van der Waals surface area contributed by atoms with Gasteiger partial charge in [-0.1, -0.05) is 59.2 Å². The molecule has 1 heterocycles. The van der Waals surface area contributed by atoms with Crippen LogP contribution in [0.15, 0.2) is 59.1 Å². The topological polar surface area (TPSA) is 68.0 Å². The second kappa shape index (κ2) is 6.33. The van der Waals surface area contributed by atoms with Crippen molar-refractivity contribution in [2.75, 3.05) is 0 Å². The molecule has 0 spiro atoms. The molecule has 1 aliphatic rings. The molecule has 1 fully saturated rings. The van der Waals surface area contributed by atoms with Crippen LogP contribution in [-0.4, -0.2) is 16.0 Å². The molecule has 3 aromatic rings. The summed E-state index contributed by atoms with van der Waals surface area (Å²) >= 11 is 5.93. The fourth-order valence-corrected chi connectivity index (χ4v) is 3.02. The van der Waals surface area contributed by atoms with Crippen LogP contribution in [0.4, 0.5) is 0 Å². The molecule has 1 N–H and O–H groups in total. The number of halogens is 1. The molecule has 6 heteroatoms. The maximum Gasteiger partial charge on any atom is 0.246 e. The summed E-state index contributed by atoms with van der Waals surface area (Å²) in [5.74, 6) is 0.886. The average Bonchev–Trinajstić information content (AvgIpc) is 3.32. The van der Waals surface area contributed by atoms with E-state index in [4.69, 9.17) is 16.1 Å². The van der Waals surface area contributed by atoms with Crippen molar-refractivity contribution in [1.82, 2.24) is 15.5 Å². The zero-order chi connectivity index (χ0) is 17.3. The van der Waals surface area contributed by atoms with E-state index in [1.165, 1.54) is 0 Å². The first kappa shape index (κ1) is 15.8. The van der Waals surface area contributed by atoms with Gasteiger partial charge in [0, 0.05) is 10.6 Å². The van der Waals surface area contributed by atoms with Gasteiger partial charge in [0.25, 0.3) is 0 Å². The van der Waals surface area contributed by atoms with E-state index in [1.807, 2.05) is 54.6 Å². The lowest BCUT2D eigenvalue weighted by molar-refractivity contribution is -0.123. The Bertz CT molecular complexity index is 887. The Morgan fingerprint density at radius 1 is 1.12 bits per heavy atom. The highest BCUT2D eigenvalue weighted by Crippen LogP contribution is 2.48. The molecular formula is C19H16ClN3O2. The second-order valence-corrected chi connectivity index (χ2v) is 6.59. The minimum Gasteiger partial charge on any atom is -0.346 e. The molecule has 1 aliphatic carbocycles. The van der Waals surface area contributed by atoms with Crippen LogP contribution >= 0.6 is 11.6 Å². The van der Waals surface area contributed by atoms with Gasteiger partial charge in [-0.05, 0) is 30.5 Å². The average molecular weight is 354 g/mol. The molecule has 2 aromatic carbocycles. The Labute approximate surface area is 150 Å². The molecule has 5 nitrogen and oxygen atoms in total. The van der Waals surface area contributed by atoms with Crippen LogP contribution in [0.25, 0.3) is 11.4 Å². The summed E-state index contributed by atoms with van der Waals surface area (Å²) in [6, 6.07) is 17.0. The van der Waals surface area contributed by atoms with E-state index in [2.05, 4.69) is 15.5 Å². The van der Waals surface area contributed by atoms with E-state index >= 15 is 0 Å². The van der Waals surface area contributed by atoms with E-state index in [0.29, 0.717) is 16.7 Å². The molecule has 1 amide bonds. The molecule has 1 aromatic heterocycles. The van der Waals surface area contributed by atoms with E-state index in [9.17, 15) is 4.79 Å². The lowest BCUT2D eigenvalue weighted by atomic mass is 9.95. The number of carbonyl (C=O) groups excluding carboxylic acids is 1. The van der Waals surface area contributed by atoms with E-state index in [1.54, 1.807) is 0 Å². The second-order valence-electron chi connectivity index (χ2n) is 6.15. The Kier molecular flexibility index (Phi) is 4.01. The first-order valence-electron chi connectivity index (χ1n) is 8.10. The first-order valence-corrected chi connectivity index (χ1v) is 8.47. The van der Waals surface area contributed by atoms with Gasteiger partial charge in [0.2, 0.25) is 17.6 Å². The van der Waals surface area contributed by atoms with Crippen molar-refractivity contribution in [3.63, 3.8) is 0 Å². The zero-order valence-corrected chi connectivity index (χ0v) is 14.2. The third-order valence-corrected chi connectivity index (χ3v) is 4.73. The van der Waals surface area contributed by atoms with Crippen molar-refractivity contribution < 1.29 is 9.32 Å². The third kappa shape index (κ3) is 3.15. The molecule has 0 unspecified atom stereocenters. The van der Waals surface area contributed by atoms with Crippen molar-refractivity contribution in [3.05, 3.63) is 71.1 Å². The number of nitrogens with one attached hydrogen (secondary N) is 1. The highest BCUT2D eigenvalue weighted by atomic mass is 35.5. The highest BCUT2D eigenvalue weighted by molar-refractivity contribution is 6.30. The lowest BCUT2D eigenvalue weighted by Gasteiger charge is -2.15. The van der Waals surface area contributed by atoms with Gasteiger partial charge < -0.3 is 9.84 Å². The van der Waals surface area contributed by atoms with Gasteiger partial charge in [-0.3, -0.25) is 4.79 Å². The standard InChI is InChI=1S/C19H16ClN3O2/c20-15-8-6-14(7-9-15)19(10-11-19)18(24)21-12-16-22-17(23-25-16)13-4-2-1-3-5-13/h1-9H,10-12H2,(H,21,24). The van der Waals surface area contributed by atoms with Gasteiger partial charge in [-0.25, -0.2) is 0 Å². The fraction of sp³-hybridized carbons (Fsp3) is 0.211. The molecular weight excluding hydrogens is 338 g/mol. The summed E-state index contributed by atoms with van der Waals surface area (Å²) in [6.07, 6.45) is 1.67. The number of hydrogen-bond acceptors (Lipinski definition) is 4.